The molecule has 0 saturated heterocycles. The van der Waals surface area contributed by atoms with E-state index in [0.717, 1.165) is 23.2 Å². The minimum Gasteiger partial charge on any atom is -0.494 e. The molecule has 0 aliphatic rings. The van der Waals surface area contributed by atoms with Gasteiger partial charge in [-0.15, -0.1) is 0 Å². The van der Waals surface area contributed by atoms with Crippen molar-refractivity contribution in [3.8, 4) is 5.75 Å². The second-order valence-electron chi connectivity index (χ2n) is 5.60. The summed E-state index contributed by atoms with van der Waals surface area (Å²) in [5.41, 5.74) is 2.79. The van der Waals surface area contributed by atoms with Crippen molar-refractivity contribution in [1.82, 2.24) is 14.9 Å². The molecule has 0 bridgehead atoms. The first-order valence-corrected chi connectivity index (χ1v) is 8.09. The average molecular weight is 323 g/mol. The van der Waals surface area contributed by atoms with Crippen molar-refractivity contribution >= 4 is 16.9 Å². The summed E-state index contributed by atoms with van der Waals surface area (Å²) < 4.78 is 7.40. The molecule has 0 radical (unpaired) electrons. The number of nitrogens with zero attached hydrogens (tertiary/aromatic N) is 2. The zero-order chi connectivity index (χ0) is 16.9. The Morgan fingerprint density at radius 3 is 2.79 bits per heavy atom. The molecule has 3 aromatic rings. The Hall–Kier alpha value is -2.82. The van der Waals surface area contributed by atoms with Gasteiger partial charge in [-0.2, -0.15) is 0 Å². The number of fused-ring (bicyclic) bond motifs is 1. The predicted molar refractivity (Wildman–Crippen MR) is 94.4 cm³/mol. The summed E-state index contributed by atoms with van der Waals surface area (Å²) in [7, 11) is 1.98. The normalized spacial score (nSPS) is 10.8. The molecule has 1 aromatic carbocycles. The molecule has 0 aliphatic carbocycles. The number of ether oxygens (including phenoxy) is 1. The second kappa shape index (κ2) is 7.17. The Morgan fingerprint density at radius 2 is 2.04 bits per heavy atom. The molecule has 0 aliphatic heterocycles. The summed E-state index contributed by atoms with van der Waals surface area (Å²) in [6, 6.07) is 11.2. The zero-order valence-electron chi connectivity index (χ0n) is 14.0. The first-order chi connectivity index (χ1) is 11.7. The van der Waals surface area contributed by atoms with Gasteiger partial charge in [0.25, 0.3) is 5.91 Å². The second-order valence-corrected chi connectivity index (χ2v) is 5.60. The van der Waals surface area contributed by atoms with E-state index in [1.54, 1.807) is 18.3 Å². The van der Waals surface area contributed by atoms with E-state index in [-0.39, 0.29) is 5.91 Å². The summed E-state index contributed by atoms with van der Waals surface area (Å²) in [5, 5.41) is 4.10. The highest BCUT2D eigenvalue weighted by atomic mass is 16.5. The first-order valence-electron chi connectivity index (χ1n) is 8.09. The monoisotopic (exact) mass is 323 g/mol. The maximum absolute atomic E-state index is 12.2. The highest BCUT2D eigenvalue weighted by molar-refractivity contribution is 5.94. The maximum Gasteiger partial charge on any atom is 0.251 e. The highest BCUT2D eigenvalue weighted by Crippen LogP contribution is 2.18. The molecule has 1 N–H and O–H groups in total. The summed E-state index contributed by atoms with van der Waals surface area (Å²) >= 11 is 0. The van der Waals surface area contributed by atoms with E-state index in [4.69, 9.17) is 4.74 Å². The molecule has 5 nitrogen and oxygen atoms in total. The fourth-order valence-corrected chi connectivity index (χ4v) is 2.77. The number of aromatic nitrogens is 2. The molecule has 1 amide bonds. The lowest BCUT2D eigenvalue weighted by atomic mass is 10.1. The van der Waals surface area contributed by atoms with Crippen LogP contribution in [0.5, 0.6) is 5.75 Å². The van der Waals surface area contributed by atoms with Gasteiger partial charge in [0.1, 0.15) is 11.4 Å². The third-order valence-electron chi connectivity index (χ3n) is 3.92. The molecular formula is C19H21N3O2. The van der Waals surface area contributed by atoms with Crippen LogP contribution >= 0.6 is 0 Å². The predicted octanol–water partition coefficient (Wildman–Crippen LogP) is 2.94. The van der Waals surface area contributed by atoms with Crippen LogP contribution in [-0.4, -0.2) is 28.6 Å². The smallest absolute Gasteiger partial charge is 0.251 e. The minimum atomic E-state index is -0.0728. The minimum absolute atomic E-state index is 0.0728. The van der Waals surface area contributed by atoms with Crippen LogP contribution in [-0.2, 0) is 13.5 Å². The molecule has 0 fully saturated rings. The molecule has 2 aromatic heterocycles. The van der Waals surface area contributed by atoms with E-state index in [2.05, 4.69) is 22.6 Å². The first kappa shape index (κ1) is 16.1. The summed E-state index contributed by atoms with van der Waals surface area (Å²) in [5.74, 6) is 0.703. The number of hydrogen-bond donors (Lipinski definition) is 1. The van der Waals surface area contributed by atoms with Gasteiger partial charge in [0.2, 0.25) is 0 Å². The molecule has 5 heteroatoms. The van der Waals surface area contributed by atoms with Crippen LogP contribution in [0.25, 0.3) is 11.0 Å². The highest BCUT2D eigenvalue weighted by Gasteiger charge is 2.09. The van der Waals surface area contributed by atoms with Gasteiger partial charge in [-0.05, 0) is 55.3 Å². The fraction of sp³-hybridized carbons (Fsp3) is 0.263. The number of carbonyl (C=O) groups excluding carboxylic acids is 1. The van der Waals surface area contributed by atoms with Crippen LogP contribution in [0.1, 0.15) is 22.8 Å². The van der Waals surface area contributed by atoms with E-state index in [1.807, 2.05) is 36.7 Å². The Balaban J connectivity index is 1.60. The number of hydrogen-bond acceptors (Lipinski definition) is 3. The molecule has 2 heterocycles. The number of nitrogens with one attached hydrogen (secondary N) is 1. The van der Waals surface area contributed by atoms with Gasteiger partial charge < -0.3 is 14.6 Å². The van der Waals surface area contributed by atoms with Gasteiger partial charge in [-0.25, -0.2) is 4.98 Å². The molecule has 124 valence electrons. The zero-order valence-corrected chi connectivity index (χ0v) is 14.0. The quantitative estimate of drug-likeness (QED) is 0.759. The number of pyridine rings is 1. The van der Waals surface area contributed by atoms with Crippen LogP contribution in [0.2, 0.25) is 0 Å². The molecule has 24 heavy (non-hydrogen) atoms. The van der Waals surface area contributed by atoms with Crippen molar-refractivity contribution in [2.45, 2.75) is 13.3 Å². The SMILES string of the molecule is CCOc1ccc(C(=O)NCCc2cn(C)c3ncccc23)cc1. The van der Waals surface area contributed by atoms with E-state index in [0.29, 0.717) is 18.7 Å². The van der Waals surface area contributed by atoms with Crippen LogP contribution in [0.4, 0.5) is 0 Å². The topological polar surface area (TPSA) is 56.1 Å². The largest absolute Gasteiger partial charge is 0.494 e. The molecule has 0 spiro atoms. The molecule has 0 unspecified atom stereocenters. The Labute approximate surface area is 141 Å². The van der Waals surface area contributed by atoms with Crippen LogP contribution in [0.3, 0.4) is 0 Å². The molecule has 0 atom stereocenters. The Kier molecular flexibility index (Phi) is 4.79. The third-order valence-corrected chi connectivity index (χ3v) is 3.92. The van der Waals surface area contributed by atoms with Gasteiger partial charge in [-0.1, -0.05) is 0 Å². The number of amides is 1. The van der Waals surface area contributed by atoms with Gasteiger partial charge in [0.15, 0.2) is 0 Å². The van der Waals surface area contributed by atoms with Crippen molar-refractivity contribution in [3.63, 3.8) is 0 Å². The van der Waals surface area contributed by atoms with E-state index >= 15 is 0 Å². The Morgan fingerprint density at radius 1 is 1.25 bits per heavy atom. The van der Waals surface area contributed by atoms with Crippen molar-refractivity contribution in [3.05, 3.63) is 59.9 Å². The van der Waals surface area contributed by atoms with Gasteiger partial charge in [-0.3, -0.25) is 4.79 Å². The van der Waals surface area contributed by atoms with Crippen LogP contribution < -0.4 is 10.1 Å². The fourth-order valence-electron chi connectivity index (χ4n) is 2.77. The number of benzene rings is 1. The lowest BCUT2D eigenvalue weighted by Crippen LogP contribution is -2.25. The van der Waals surface area contributed by atoms with Crippen molar-refractivity contribution in [2.75, 3.05) is 13.2 Å². The summed E-state index contributed by atoms with van der Waals surface area (Å²) in [6.45, 7) is 3.13. The van der Waals surface area contributed by atoms with Crippen molar-refractivity contribution in [2.24, 2.45) is 7.05 Å². The van der Waals surface area contributed by atoms with Crippen molar-refractivity contribution in [1.29, 1.82) is 0 Å². The van der Waals surface area contributed by atoms with Crippen molar-refractivity contribution < 1.29 is 9.53 Å². The third kappa shape index (κ3) is 3.40. The lowest BCUT2D eigenvalue weighted by molar-refractivity contribution is 0.0954. The molecular weight excluding hydrogens is 302 g/mol. The summed E-state index contributed by atoms with van der Waals surface area (Å²) in [6.07, 6.45) is 4.63. The number of carbonyl (C=O) groups is 1. The average Bonchev–Trinajstić information content (AvgIpc) is 2.92. The Bertz CT molecular complexity index is 837. The van der Waals surface area contributed by atoms with Gasteiger partial charge in [0.05, 0.1) is 6.61 Å². The summed E-state index contributed by atoms with van der Waals surface area (Å²) in [4.78, 5) is 16.6. The van der Waals surface area contributed by atoms with Crippen LogP contribution in [0.15, 0.2) is 48.8 Å². The number of rotatable bonds is 6. The van der Waals surface area contributed by atoms with E-state index in [9.17, 15) is 4.79 Å². The van der Waals surface area contributed by atoms with Gasteiger partial charge >= 0.3 is 0 Å². The molecule has 0 saturated carbocycles. The standard InChI is InChI=1S/C19H21N3O2/c1-3-24-16-8-6-14(7-9-16)19(23)21-12-10-15-13-22(2)18-17(15)5-4-11-20-18/h4-9,11,13H,3,10,12H2,1-2H3,(H,21,23). The van der Waals surface area contributed by atoms with E-state index < -0.39 is 0 Å². The lowest BCUT2D eigenvalue weighted by Gasteiger charge is -2.06. The van der Waals surface area contributed by atoms with Crippen LogP contribution in [0, 0.1) is 0 Å². The maximum atomic E-state index is 12.2. The van der Waals surface area contributed by atoms with E-state index in [1.165, 1.54) is 5.56 Å². The molecule has 3 rings (SSSR count). The van der Waals surface area contributed by atoms with Gasteiger partial charge in [0, 0.05) is 36.9 Å². The number of aryl methyl sites for hydroxylation is 1.